The van der Waals surface area contributed by atoms with Crippen molar-refractivity contribution in [2.24, 2.45) is 5.11 Å². The summed E-state index contributed by atoms with van der Waals surface area (Å²) in [6, 6.07) is 13.7. The van der Waals surface area contributed by atoms with Gasteiger partial charge in [-0.05, 0) is 41.3 Å². The maximum absolute atomic E-state index is 12.7. The van der Waals surface area contributed by atoms with E-state index in [1.54, 1.807) is 18.2 Å². The van der Waals surface area contributed by atoms with Crippen LogP contribution in [-0.2, 0) is 6.42 Å². The fourth-order valence-corrected chi connectivity index (χ4v) is 1.62. The average Bonchev–Trinajstić information content (AvgIpc) is 2.33. The van der Waals surface area contributed by atoms with Gasteiger partial charge in [-0.25, -0.2) is 4.39 Å². The fraction of sp³-hybridized carbons (Fsp3) is 0.0769. The van der Waals surface area contributed by atoms with Crippen LogP contribution < -0.4 is 0 Å². The van der Waals surface area contributed by atoms with Crippen molar-refractivity contribution in [1.82, 2.24) is 0 Å². The van der Waals surface area contributed by atoms with E-state index in [9.17, 15) is 4.39 Å². The first kappa shape index (κ1) is 11.2. The lowest BCUT2D eigenvalue weighted by atomic mass is 10.0. The molecule has 0 aromatic heterocycles. The molecule has 0 aliphatic rings. The van der Waals surface area contributed by atoms with Crippen LogP contribution in [0.4, 0.5) is 10.1 Å². The third kappa shape index (κ3) is 3.06. The normalized spacial score (nSPS) is 9.71. The van der Waals surface area contributed by atoms with E-state index in [0.717, 1.165) is 11.1 Å². The zero-order chi connectivity index (χ0) is 12.1. The minimum Gasteiger partial charge on any atom is -0.207 e. The topological polar surface area (TPSA) is 48.8 Å². The van der Waals surface area contributed by atoms with E-state index in [2.05, 4.69) is 10.0 Å². The van der Waals surface area contributed by atoms with Crippen molar-refractivity contribution < 1.29 is 4.39 Å². The lowest BCUT2D eigenvalue weighted by Gasteiger charge is -2.02. The van der Waals surface area contributed by atoms with Crippen molar-refractivity contribution in [3.63, 3.8) is 0 Å². The summed E-state index contributed by atoms with van der Waals surface area (Å²) < 4.78 is 12.7. The first-order valence-electron chi connectivity index (χ1n) is 5.16. The molecule has 3 nitrogen and oxygen atoms in total. The molecule has 2 rings (SSSR count). The summed E-state index contributed by atoms with van der Waals surface area (Å²) in [5.41, 5.74) is 11.0. The van der Waals surface area contributed by atoms with E-state index >= 15 is 0 Å². The van der Waals surface area contributed by atoms with Gasteiger partial charge in [0.2, 0.25) is 0 Å². The van der Waals surface area contributed by atoms with E-state index in [-0.39, 0.29) is 5.82 Å². The third-order valence-electron chi connectivity index (χ3n) is 2.39. The summed E-state index contributed by atoms with van der Waals surface area (Å²) in [6.07, 6.45) is 0.690. The molecule has 0 aliphatic heterocycles. The molecular formula is C13H10FN3. The monoisotopic (exact) mass is 227 g/mol. The van der Waals surface area contributed by atoms with Gasteiger partial charge in [-0.15, -0.1) is 0 Å². The highest BCUT2D eigenvalue weighted by Gasteiger charge is 1.98. The molecule has 2 aromatic rings. The van der Waals surface area contributed by atoms with Crippen molar-refractivity contribution in [1.29, 1.82) is 0 Å². The molecule has 4 heteroatoms. The van der Waals surface area contributed by atoms with Crippen molar-refractivity contribution in [3.05, 3.63) is 75.9 Å². The Hall–Kier alpha value is -2.32. The predicted molar refractivity (Wildman–Crippen MR) is 64.5 cm³/mol. The van der Waals surface area contributed by atoms with Gasteiger partial charge in [0, 0.05) is 10.6 Å². The molecule has 0 unspecified atom stereocenters. The van der Waals surface area contributed by atoms with E-state index in [1.807, 2.05) is 18.2 Å². The molecular weight excluding hydrogens is 217 g/mol. The van der Waals surface area contributed by atoms with Gasteiger partial charge in [0.1, 0.15) is 5.82 Å². The second-order valence-corrected chi connectivity index (χ2v) is 3.66. The number of nitrogens with zero attached hydrogens (tertiary/aromatic N) is 3. The molecule has 17 heavy (non-hydrogen) atoms. The molecule has 0 saturated carbocycles. The predicted octanol–water partition coefficient (Wildman–Crippen LogP) is 4.36. The molecule has 0 spiro atoms. The SMILES string of the molecule is [N-]=[N+]=Nc1cccc(Cc2ccc(F)cc2)c1. The molecule has 0 heterocycles. The number of benzene rings is 2. The minimum atomic E-state index is -0.239. The Morgan fingerprint density at radius 3 is 2.53 bits per heavy atom. The van der Waals surface area contributed by atoms with Crippen molar-refractivity contribution in [3.8, 4) is 0 Å². The number of hydrogen-bond acceptors (Lipinski definition) is 1. The second kappa shape index (κ2) is 5.14. The minimum absolute atomic E-state index is 0.239. The molecule has 0 N–H and O–H groups in total. The summed E-state index contributed by atoms with van der Waals surface area (Å²) in [4.78, 5) is 2.74. The van der Waals surface area contributed by atoms with Crippen molar-refractivity contribution in [2.45, 2.75) is 6.42 Å². The summed E-state index contributed by atoms with van der Waals surface area (Å²) in [5, 5.41) is 3.54. The van der Waals surface area contributed by atoms with Crippen LogP contribution in [0.15, 0.2) is 53.6 Å². The van der Waals surface area contributed by atoms with Crippen LogP contribution in [0.25, 0.3) is 10.4 Å². The van der Waals surface area contributed by atoms with Crippen LogP contribution in [0.3, 0.4) is 0 Å². The van der Waals surface area contributed by atoms with Crippen LogP contribution in [0.5, 0.6) is 0 Å². The standard InChI is InChI=1S/C13H10FN3/c14-12-6-4-10(5-7-12)8-11-2-1-3-13(9-11)16-17-15/h1-7,9H,8H2. The zero-order valence-corrected chi connectivity index (χ0v) is 9.05. The van der Waals surface area contributed by atoms with Crippen molar-refractivity contribution >= 4 is 5.69 Å². The van der Waals surface area contributed by atoms with E-state index in [0.29, 0.717) is 12.1 Å². The van der Waals surface area contributed by atoms with Gasteiger partial charge in [-0.1, -0.05) is 35.4 Å². The van der Waals surface area contributed by atoms with Crippen LogP contribution in [-0.4, -0.2) is 0 Å². The van der Waals surface area contributed by atoms with E-state index in [4.69, 9.17) is 5.53 Å². The molecule has 0 bridgehead atoms. The summed E-state index contributed by atoms with van der Waals surface area (Å²) in [7, 11) is 0. The summed E-state index contributed by atoms with van der Waals surface area (Å²) >= 11 is 0. The first-order chi connectivity index (χ1) is 8.28. The lowest BCUT2D eigenvalue weighted by molar-refractivity contribution is 0.627. The Bertz CT molecular complexity index is 557. The van der Waals surface area contributed by atoms with Crippen LogP contribution >= 0.6 is 0 Å². The zero-order valence-electron chi connectivity index (χ0n) is 9.05. The van der Waals surface area contributed by atoms with Crippen LogP contribution in [0.1, 0.15) is 11.1 Å². The second-order valence-electron chi connectivity index (χ2n) is 3.66. The lowest BCUT2D eigenvalue weighted by Crippen LogP contribution is -1.87. The Labute approximate surface area is 98.2 Å². The average molecular weight is 227 g/mol. The van der Waals surface area contributed by atoms with Gasteiger partial charge in [0.05, 0.1) is 0 Å². The Morgan fingerprint density at radius 1 is 1.06 bits per heavy atom. The van der Waals surface area contributed by atoms with Crippen LogP contribution in [0, 0.1) is 5.82 Å². The number of halogens is 1. The van der Waals surface area contributed by atoms with Gasteiger partial charge in [0.15, 0.2) is 0 Å². The van der Waals surface area contributed by atoms with Crippen LogP contribution in [0.2, 0.25) is 0 Å². The maximum Gasteiger partial charge on any atom is 0.123 e. The number of rotatable bonds is 3. The quantitative estimate of drug-likeness (QED) is 0.425. The smallest absolute Gasteiger partial charge is 0.123 e. The number of hydrogen-bond donors (Lipinski definition) is 0. The van der Waals surface area contributed by atoms with Gasteiger partial charge in [-0.3, -0.25) is 0 Å². The van der Waals surface area contributed by atoms with Gasteiger partial charge < -0.3 is 0 Å². The Balaban J connectivity index is 2.20. The van der Waals surface area contributed by atoms with E-state index < -0.39 is 0 Å². The highest BCUT2D eigenvalue weighted by molar-refractivity contribution is 5.41. The molecule has 84 valence electrons. The Kier molecular flexibility index (Phi) is 3.38. The fourth-order valence-electron chi connectivity index (χ4n) is 1.62. The van der Waals surface area contributed by atoms with Gasteiger partial charge in [-0.2, -0.15) is 0 Å². The Morgan fingerprint density at radius 2 is 1.82 bits per heavy atom. The molecule has 0 saturated heterocycles. The highest BCUT2D eigenvalue weighted by atomic mass is 19.1. The highest BCUT2D eigenvalue weighted by Crippen LogP contribution is 2.17. The first-order valence-corrected chi connectivity index (χ1v) is 5.16. The molecule has 0 aliphatic carbocycles. The molecule has 0 radical (unpaired) electrons. The van der Waals surface area contributed by atoms with Gasteiger partial charge in [0.25, 0.3) is 0 Å². The largest absolute Gasteiger partial charge is 0.207 e. The van der Waals surface area contributed by atoms with E-state index in [1.165, 1.54) is 12.1 Å². The third-order valence-corrected chi connectivity index (χ3v) is 2.39. The molecule has 2 aromatic carbocycles. The van der Waals surface area contributed by atoms with Crippen molar-refractivity contribution in [2.75, 3.05) is 0 Å². The summed E-state index contributed by atoms with van der Waals surface area (Å²) in [5.74, 6) is -0.239. The summed E-state index contributed by atoms with van der Waals surface area (Å²) in [6.45, 7) is 0. The number of azide groups is 1. The molecule has 0 atom stereocenters. The van der Waals surface area contributed by atoms with Gasteiger partial charge >= 0.3 is 0 Å². The molecule has 0 amide bonds. The molecule has 0 fully saturated rings. The maximum atomic E-state index is 12.7.